The van der Waals surface area contributed by atoms with Crippen LogP contribution in [0.2, 0.25) is 0 Å². The zero-order valence-corrected chi connectivity index (χ0v) is 10.9. The van der Waals surface area contributed by atoms with Crippen LogP contribution in [-0.2, 0) is 16.0 Å². The number of carbonyl (C=O) groups is 2. The number of hydrogen-bond donors (Lipinski definition) is 0. The second-order valence-electron chi connectivity index (χ2n) is 4.03. The molecule has 4 nitrogen and oxygen atoms in total. The Kier molecular flexibility index (Phi) is 5.36. The molecule has 0 aliphatic rings. The first-order valence-electron chi connectivity index (χ1n) is 5.86. The lowest BCUT2D eigenvalue weighted by molar-refractivity contribution is -0.145. The van der Waals surface area contributed by atoms with Crippen molar-refractivity contribution in [2.24, 2.45) is 5.92 Å². The maximum Gasteiger partial charge on any atom is 0.308 e. The molecule has 0 radical (unpaired) electrons. The van der Waals surface area contributed by atoms with Crippen molar-refractivity contribution in [2.75, 3.05) is 14.2 Å². The fourth-order valence-electron chi connectivity index (χ4n) is 1.85. The van der Waals surface area contributed by atoms with Gasteiger partial charge in [-0.15, -0.1) is 0 Å². The fraction of sp³-hybridized carbons (Fsp3) is 0.429. The van der Waals surface area contributed by atoms with Crippen LogP contribution < -0.4 is 4.74 Å². The summed E-state index contributed by atoms with van der Waals surface area (Å²) in [5, 5.41) is 0. The topological polar surface area (TPSA) is 52.6 Å². The van der Waals surface area contributed by atoms with Gasteiger partial charge in [0.1, 0.15) is 5.75 Å². The highest BCUT2D eigenvalue weighted by atomic mass is 16.5. The standard InChI is InChI=1S/C14H18O4/c1-4-11(14(16)18-3)7-10-5-6-13(17-2)12(8-10)9-15/h5-6,8-9,11H,4,7H2,1-3H3. The van der Waals surface area contributed by atoms with Gasteiger partial charge in [0.25, 0.3) is 0 Å². The molecule has 1 aromatic rings. The third kappa shape index (κ3) is 3.32. The Morgan fingerprint density at radius 3 is 2.61 bits per heavy atom. The Balaban J connectivity index is 2.90. The Morgan fingerprint density at radius 2 is 2.11 bits per heavy atom. The summed E-state index contributed by atoms with van der Waals surface area (Å²) >= 11 is 0. The molecule has 1 unspecified atom stereocenters. The lowest BCUT2D eigenvalue weighted by Crippen LogP contribution is -2.17. The van der Waals surface area contributed by atoms with E-state index in [9.17, 15) is 9.59 Å². The van der Waals surface area contributed by atoms with Crippen LogP contribution in [-0.4, -0.2) is 26.5 Å². The summed E-state index contributed by atoms with van der Waals surface area (Å²) in [6.45, 7) is 1.94. The van der Waals surface area contributed by atoms with E-state index in [-0.39, 0.29) is 11.9 Å². The zero-order chi connectivity index (χ0) is 13.5. The number of methoxy groups -OCH3 is 2. The SMILES string of the molecule is CCC(Cc1ccc(OC)c(C=O)c1)C(=O)OC. The number of esters is 1. The molecular weight excluding hydrogens is 232 g/mol. The average Bonchev–Trinajstić information content (AvgIpc) is 2.43. The molecule has 0 aromatic heterocycles. The Morgan fingerprint density at radius 1 is 1.39 bits per heavy atom. The van der Waals surface area contributed by atoms with E-state index in [0.717, 1.165) is 11.8 Å². The molecule has 98 valence electrons. The molecule has 0 fully saturated rings. The van der Waals surface area contributed by atoms with Gasteiger partial charge in [-0.05, 0) is 30.5 Å². The van der Waals surface area contributed by atoms with Crippen molar-refractivity contribution in [3.05, 3.63) is 29.3 Å². The van der Waals surface area contributed by atoms with Crippen LogP contribution in [0.1, 0.15) is 29.3 Å². The maximum atomic E-state index is 11.5. The highest BCUT2D eigenvalue weighted by molar-refractivity contribution is 5.80. The number of aldehydes is 1. The van der Waals surface area contributed by atoms with Gasteiger partial charge in [-0.1, -0.05) is 13.0 Å². The molecule has 0 spiro atoms. The van der Waals surface area contributed by atoms with Gasteiger partial charge in [-0.2, -0.15) is 0 Å². The van der Waals surface area contributed by atoms with Crippen LogP contribution in [0.3, 0.4) is 0 Å². The smallest absolute Gasteiger partial charge is 0.308 e. The van der Waals surface area contributed by atoms with E-state index in [1.807, 2.05) is 13.0 Å². The number of hydrogen-bond acceptors (Lipinski definition) is 4. The van der Waals surface area contributed by atoms with Gasteiger partial charge in [0.2, 0.25) is 0 Å². The predicted octanol–water partition coefficient (Wildman–Crippen LogP) is 2.25. The Bertz CT molecular complexity index is 426. The first kappa shape index (κ1) is 14.2. The minimum absolute atomic E-state index is 0.178. The molecule has 0 saturated carbocycles. The summed E-state index contributed by atoms with van der Waals surface area (Å²) in [5.41, 5.74) is 1.42. The summed E-state index contributed by atoms with van der Waals surface area (Å²) in [6, 6.07) is 5.35. The second kappa shape index (κ2) is 6.79. The highest BCUT2D eigenvalue weighted by Gasteiger charge is 2.18. The molecule has 18 heavy (non-hydrogen) atoms. The fourth-order valence-corrected chi connectivity index (χ4v) is 1.85. The van der Waals surface area contributed by atoms with Gasteiger partial charge in [0.05, 0.1) is 25.7 Å². The van der Waals surface area contributed by atoms with Gasteiger partial charge in [-0.3, -0.25) is 9.59 Å². The van der Waals surface area contributed by atoms with E-state index in [0.29, 0.717) is 24.2 Å². The Hall–Kier alpha value is -1.84. The number of ether oxygens (including phenoxy) is 2. The molecule has 0 bridgehead atoms. The molecule has 1 aromatic carbocycles. The van der Waals surface area contributed by atoms with Crippen molar-refractivity contribution in [3.8, 4) is 5.75 Å². The predicted molar refractivity (Wildman–Crippen MR) is 67.9 cm³/mol. The van der Waals surface area contributed by atoms with Crippen molar-refractivity contribution in [1.29, 1.82) is 0 Å². The van der Waals surface area contributed by atoms with Gasteiger partial charge in [0, 0.05) is 0 Å². The molecule has 4 heteroatoms. The van der Waals surface area contributed by atoms with Crippen molar-refractivity contribution in [1.82, 2.24) is 0 Å². The van der Waals surface area contributed by atoms with Crippen LogP contribution in [0.5, 0.6) is 5.75 Å². The van der Waals surface area contributed by atoms with Crippen LogP contribution in [0.15, 0.2) is 18.2 Å². The molecular formula is C14H18O4. The quantitative estimate of drug-likeness (QED) is 0.574. The van der Waals surface area contributed by atoms with E-state index in [1.165, 1.54) is 14.2 Å². The van der Waals surface area contributed by atoms with Crippen LogP contribution in [0, 0.1) is 5.92 Å². The van der Waals surface area contributed by atoms with E-state index in [2.05, 4.69) is 0 Å². The largest absolute Gasteiger partial charge is 0.496 e. The number of carbonyl (C=O) groups excluding carboxylic acids is 2. The van der Waals surface area contributed by atoms with Crippen molar-refractivity contribution in [2.45, 2.75) is 19.8 Å². The van der Waals surface area contributed by atoms with E-state index in [4.69, 9.17) is 9.47 Å². The van der Waals surface area contributed by atoms with E-state index in [1.54, 1.807) is 12.1 Å². The third-order valence-corrected chi connectivity index (χ3v) is 2.93. The third-order valence-electron chi connectivity index (χ3n) is 2.93. The molecule has 0 amide bonds. The zero-order valence-electron chi connectivity index (χ0n) is 10.9. The maximum absolute atomic E-state index is 11.5. The summed E-state index contributed by atoms with van der Waals surface area (Å²) in [7, 11) is 2.90. The monoisotopic (exact) mass is 250 g/mol. The normalized spacial score (nSPS) is 11.7. The van der Waals surface area contributed by atoms with Gasteiger partial charge < -0.3 is 9.47 Å². The highest BCUT2D eigenvalue weighted by Crippen LogP contribution is 2.21. The van der Waals surface area contributed by atoms with Crippen LogP contribution in [0.25, 0.3) is 0 Å². The average molecular weight is 250 g/mol. The molecule has 1 rings (SSSR count). The molecule has 0 saturated heterocycles. The van der Waals surface area contributed by atoms with E-state index >= 15 is 0 Å². The summed E-state index contributed by atoms with van der Waals surface area (Å²) < 4.78 is 9.81. The molecule has 0 N–H and O–H groups in total. The molecule has 0 aliphatic carbocycles. The lowest BCUT2D eigenvalue weighted by Gasteiger charge is -2.13. The number of rotatable bonds is 6. The number of benzene rings is 1. The first-order chi connectivity index (χ1) is 8.65. The second-order valence-corrected chi connectivity index (χ2v) is 4.03. The lowest BCUT2D eigenvalue weighted by atomic mass is 9.96. The first-order valence-corrected chi connectivity index (χ1v) is 5.86. The molecule has 0 aliphatic heterocycles. The van der Waals surface area contributed by atoms with Crippen molar-refractivity contribution in [3.63, 3.8) is 0 Å². The van der Waals surface area contributed by atoms with Crippen molar-refractivity contribution < 1.29 is 19.1 Å². The summed E-state index contributed by atoms with van der Waals surface area (Å²) in [6.07, 6.45) is 2.02. The minimum atomic E-state index is -0.221. The molecule has 1 atom stereocenters. The summed E-state index contributed by atoms with van der Waals surface area (Å²) in [5.74, 6) is 0.142. The van der Waals surface area contributed by atoms with E-state index < -0.39 is 0 Å². The van der Waals surface area contributed by atoms with Gasteiger partial charge in [-0.25, -0.2) is 0 Å². The van der Waals surface area contributed by atoms with Gasteiger partial charge >= 0.3 is 5.97 Å². The van der Waals surface area contributed by atoms with Crippen LogP contribution >= 0.6 is 0 Å². The van der Waals surface area contributed by atoms with Gasteiger partial charge in [0.15, 0.2) is 6.29 Å². The summed E-state index contributed by atoms with van der Waals surface area (Å²) in [4.78, 5) is 22.4. The van der Waals surface area contributed by atoms with Crippen molar-refractivity contribution >= 4 is 12.3 Å². The van der Waals surface area contributed by atoms with Crippen LogP contribution in [0.4, 0.5) is 0 Å². The minimum Gasteiger partial charge on any atom is -0.496 e. The molecule has 0 heterocycles. The Labute approximate surface area is 107 Å².